The molecule has 0 spiro atoms. The molecule has 5 nitrogen and oxygen atoms in total. The Balaban J connectivity index is 1.56. The Kier molecular flexibility index (Phi) is 5.61. The molecule has 2 heterocycles. The molecule has 0 aliphatic rings. The van der Waals surface area contributed by atoms with Gasteiger partial charge in [-0.1, -0.05) is 35.5 Å². The van der Waals surface area contributed by atoms with Crippen molar-refractivity contribution in [3.05, 3.63) is 63.7 Å². The molecule has 0 saturated carbocycles. The lowest BCUT2D eigenvalue weighted by Gasteiger charge is -2.16. The Morgan fingerprint density at radius 2 is 1.92 bits per heavy atom. The lowest BCUT2D eigenvalue weighted by Crippen LogP contribution is -2.28. The summed E-state index contributed by atoms with van der Waals surface area (Å²) in [6, 6.07) is 11.9. The van der Waals surface area contributed by atoms with E-state index in [4.69, 9.17) is 8.94 Å². The van der Waals surface area contributed by atoms with Crippen LogP contribution in [0.3, 0.4) is 0 Å². The zero-order valence-corrected chi connectivity index (χ0v) is 16.7. The van der Waals surface area contributed by atoms with Crippen molar-refractivity contribution in [1.82, 2.24) is 10.1 Å². The lowest BCUT2D eigenvalue weighted by atomic mass is 10.1. The van der Waals surface area contributed by atoms with Crippen LogP contribution in [0.4, 0.5) is 0 Å². The number of hydrogen-bond acceptors (Lipinski definition) is 4. The number of nitrogens with zero attached hydrogens (tertiary/aromatic N) is 2. The van der Waals surface area contributed by atoms with Crippen LogP contribution in [0.1, 0.15) is 34.1 Å². The van der Waals surface area contributed by atoms with E-state index in [2.05, 4.69) is 21.1 Å². The summed E-state index contributed by atoms with van der Waals surface area (Å²) in [7, 11) is 1.80. The Labute approximate surface area is 161 Å². The van der Waals surface area contributed by atoms with Crippen LogP contribution in [-0.4, -0.2) is 29.6 Å². The van der Waals surface area contributed by atoms with Gasteiger partial charge in [-0.2, -0.15) is 0 Å². The third-order valence-electron chi connectivity index (χ3n) is 4.29. The van der Waals surface area contributed by atoms with Crippen molar-refractivity contribution in [3.63, 3.8) is 0 Å². The third kappa shape index (κ3) is 3.90. The minimum atomic E-state index is -0.0474. The van der Waals surface area contributed by atoms with Gasteiger partial charge in [0.15, 0.2) is 0 Å². The summed E-state index contributed by atoms with van der Waals surface area (Å²) in [5.74, 6) is 2.12. The molecule has 136 valence electrons. The molecule has 6 heteroatoms. The monoisotopic (exact) mass is 416 g/mol. The van der Waals surface area contributed by atoms with E-state index in [0.717, 1.165) is 34.3 Å². The number of furan rings is 1. The standard InChI is InChI=1S/C20H21BrN2O3/c1-13-18(19(21)14(2)25-13)20(24)23(3)11-7-10-16-12-17(22-26-16)15-8-5-4-6-9-15/h4-6,8-9,12H,7,10-11H2,1-3H3. The van der Waals surface area contributed by atoms with E-state index in [-0.39, 0.29) is 5.91 Å². The second-order valence-corrected chi connectivity index (χ2v) is 7.07. The van der Waals surface area contributed by atoms with E-state index in [9.17, 15) is 4.79 Å². The van der Waals surface area contributed by atoms with Crippen LogP contribution in [0.5, 0.6) is 0 Å². The van der Waals surface area contributed by atoms with E-state index in [1.807, 2.05) is 43.3 Å². The molecule has 0 aliphatic heterocycles. The second kappa shape index (κ2) is 7.91. The molecule has 1 aromatic carbocycles. The molecule has 0 unspecified atom stereocenters. The first-order chi connectivity index (χ1) is 12.5. The van der Waals surface area contributed by atoms with Crippen LogP contribution < -0.4 is 0 Å². The summed E-state index contributed by atoms with van der Waals surface area (Å²) in [6.07, 6.45) is 1.52. The van der Waals surface area contributed by atoms with Crippen molar-refractivity contribution in [1.29, 1.82) is 0 Å². The molecule has 3 aromatic rings. The first-order valence-electron chi connectivity index (χ1n) is 8.49. The fourth-order valence-electron chi connectivity index (χ4n) is 2.86. The van der Waals surface area contributed by atoms with Crippen LogP contribution in [0.2, 0.25) is 0 Å². The minimum absolute atomic E-state index is 0.0474. The number of rotatable bonds is 6. The van der Waals surface area contributed by atoms with Gasteiger partial charge in [0.2, 0.25) is 0 Å². The molecule has 3 rings (SSSR count). The normalized spacial score (nSPS) is 10.9. The minimum Gasteiger partial charge on any atom is -0.465 e. The van der Waals surface area contributed by atoms with E-state index >= 15 is 0 Å². The molecule has 0 N–H and O–H groups in total. The van der Waals surface area contributed by atoms with E-state index < -0.39 is 0 Å². The SMILES string of the molecule is Cc1oc(C)c(C(=O)N(C)CCCc2cc(-c3ccccc3)no2)c1Br. The van der Waals surface area contributed by atoms with E-state index in [1.54, 1.807) is 18.9 Å². The van der Waals surface area contributed by atoms with Gasteiger partial charge in [-0.15, -0.1) is 0 Å². The Morgan fingerprint density at radius 1 is 1.19 bits per heavy atom. The molecular formula is C20H21BrN2O3. The molecule has 1 amide bonds. The third-order valence-corrected chi connectivity index (χ3v) is 5.25. The Morgan fingerprint density at radius 3 is 2.58 bits per heavy atom. The summed E-state index contributed by atoms with van der Waals surface area (Å²) < 4.78 is 11.7. The quantitative estimate of drug-likeness (QED) is 0.565. The van der Waals surface area contributed by atoms with E-state index in [0.29, 0.717) is 23.6 Å². The largest absolute Gasteiger partial charge is 0.465 e. The summed E-state index contributed by atoms with van der Waals surface area (Å²) in [5.41, 5.74) is 2.46. The molecule has 2 aromatic heterocycles. The molecular weight excluding hydrogens is 396 g/mol. The highest BCUT2D eigenvalue weighted by atomic mass is 79.9. The van der Waals surface area contributed by atoms with Gasteiger partial charge in [-0.3, -0.25) is 4.79 Å². The van der Waals surface area contributed by atoms with Crippen molar-refractivity contribution < 1.29 is 13.7 Å². The maximum absolute atomic E-state index is 12.6. The van der Waals surface area contributed by atoms with Crippen LogP contribution in [0.15, 0.2) is 49.8 Å². The fraction of sp³-hybridized carbons (Fsp3) is 0.300. The molecule has 26 heavy (non-hydrogen) atoms. The summed E-state index contributed by atoms with van der Waals surface area (Å²) in [6.45, 7) is 4.26. The molecule has 0 fully saturated rings. The Bertz CT molecular complexity index is 899. The highest BCUT2D eigenvalue weighted by Gasteiger charge is 2.22. The van der Waals surface area contributed by atoms with Crippen molar-refractivity contribution in [2.24, 2.45) is 0 Å². The first-order valence-corrected chi connectivity index (χ1v) is 9.28. The fourth-order valence-corrected chi connectivity index (χ4v) is 3.39. The number of amides is 1. The van der Waals surface area contributed by atoms with Gasteiger partial charge >= 0.3 is 0 Å². The first kappa shape index (κ1) is 18.5. The van der Waals surface area contributed by atoms with Gasteiger partial charge in [-0.25, -0.2) is 0 Å². The number of carbonyl (C=O) groups excluding carboxylic acids is 1. The summed E-state index contributed by atoms with van der Waals surface area (Å²) >= 11 is 3.44. The maximum Gasteiger partial charge on any atom is 0.258 e. The topological polar surface area (TPSA) is 59.5 Å². The number of halogens is 1. The molecule has 0 bridgehead atoms. The van der Waals surface area contributed by atoms with Crippen LogP contribution in [-0.2, 0) is 6.42 Å². The Hall–Kier alpha value is -2.34. The average Bonchev–Trinajstić information content (AvgIpc) is 3.20. The summed E-state index contributed by atoms with van der Waals surface area (Å²) in [4.78, 5) is 14.3. The number of carbonyl (C=O) groups is 1. The van der Waals surface area contributed by atoms with Crippen molar-refractivity contribution in [2.75, 3.05) is 13.6 Å². The molecule has 0 radical (unpaired) electrons. The van der Waals surface area contributed by atoms with E-state index in [1.165, 1.54) is 0 Å². The smallest absolute Gasteiger partial charge is 0.258 e. The van der Waals surface area contributed by atoms with Gasteiger partial charge in [-0.05, 0) is 36.2 Å². The molecule has 0 aliphatic carbocycles. The number of aryl methyl sites for hydroxylation is 3. The lowest BCUT2D eigenvalue weighted by molar-refractivity contribution is 0.0790. The van der Waals surface area contributed by atoms with Crippen molar-refractivity contribution in [2.45, 2.75) is 26.7 Å². The van der Waals surface area contributed by atoms with Crippen LogP contribution in [0.25, 0.3) is 11.3 Å². The highest BCUT2D eigenvalue weighted by Crippen LogP contribution is 2.28. The number of hydrogen-bond donors (Lipinski definition) is 0. The summed E-state index contributed by atoms with van der Waals surface area (Å²) in [5, 5.41) is 4.12. The van der Waals surface area contributed by atoms with Gasteiger partial charge in [0.05, 0.1) is 10.0 Å². The maximum atomic E-state index is 12.6. The van der Waals surface area contributed by atoms with Gasteiger partial charge < -0.3 is 13.8 Å². The molecule has 0 atom stereocenters. The zero-order valence-electron chi connectivity index (χ0n) is 15.1. The number of benzene rings is 1. The van der Waals surface area contributed by atoms with Crippen LogP contribution in [0, 0.1) is 13.8 Å². The van der Waals surface area contributed by atoms with Crippen LogP contribution >= 0.6 is 15.9 Å². The second-order valence-electron chi connectivity index (χ2n) is 6.28. The molecule has 0 saturated heterocycles. The predicted octanol–water partition coefficient (Wildman–Crippen LogP) is 5.02. The van der Waals surface area contributed by atoms with Gasteiger partial charge in [0.1, 0.15) is 23.0 Å². The van der Waals surface area contributed by atoms with Crippen molar-refractivity contribution in [3.8, 4) is 11.3 Å². The highest BCUT2D eigenvalue weighted by molar-refractivity contribution is 9.10. The predicted molar refractivity (Wildman–Crippen MR) is 103 cm³/mol. The van der Waals surface area contributed by atoms with Crippen molar-refractivity contribution >= 4 is 21.8 Å². The zero-order chi connectivity index (χ0) is 18.7. The average molecular weight is 417 g/mol. The van der Waals surface area contributed by atoms with Gasteiger partial charge in [0, 0.05) is 31.6 Å². The van der Waals surface area contributed by atoms with Gasteiger partial charge in [0.25, 0.3) is 5.91 Å². The number of aromatic nitrogens is 1.